The molecule has 4 heterocycles. The van der Waals surface area contributed by atoms with Gasteiger partial charge in [-0.15, -0.1) is 4.80 Å². The van der Waals surface area contributed by atoms with Crippen LogP contribution >= 0.6 is 11.3 Å². The van der Waals surface area contributed by atoms with Crippen LogP contribution in [0, 0.1) is 12.7 Å². The Morgan fingerprint density at radius 3 is 2.25 bits per heavy atom. The van der Waals surface area contributed by atoms with Crippen molar-refractivity contribution < 1.29 is 27.8 Å². The molecule has 6 aromatic rings. The van der Waals surface area contributed by atoms with Crippen molar-refractivity contribution >= 4 is 46.2 Å². The lowest BCUT2D eigenvalue weighted by molar-refractivity contribution is -0.119. The minimum absolute atomic E-state index is 0.00718. The van der Waals surface area contributed by atoms with Gasteiger partial charge in [-0.2, -0.15) is 15.2 Å². The molecule has 0 spiro atoms. The molecule has 286 valence electrons. The SMILES string of the molecule is COc1ccc(F)cc1[C@H](COc1nc2sc(-n3nccn3)c(C)c2c(=O)n1C1CNC(=O)C1)OCCO[Si](c1ccccc1)(c1ccccc1)C(C)(C)C. The summed E-state index contributed by atoms with van der Waals surface area (Å²) in [5, 5.41) is 14.4. The summed E-state index contributed by atoms with van der Waals surface area (Å²) in [7, 11) is -1.37. The van der Waals surface area contributed by atoms with Crippen LogP contribution in [0.3, 0.4) is 0 Å². The molecule has 2 atom stereocenters. The van der Waals surface area contributed by atoms with Crippen LogP contribution in [-0.4, -0.2) is 72.2 Å². The van der Waals surface area contributed by atoms with Crippen LogP contribution in [0.25, 0.3) is 15.2 Å². The number of methoxy groups -OCH3 is 1. The van der Waals surface area contributed by atoms with Crippen LogP contribution in [0.15, 0.2) is 96.1 Å². The van der Waals surface area contributed by atoms with E-state index in [1.165, 1.54) is 46.0 Å². The largest absolute Gasteiger partial charge is 0.496 e. The fourth-order valence-electron chi connectivity index (χ4n) is 7.35. The lowest BCUT2D eigenvalue weighted by Gasteiger charge is -2.43. The van der Waals surface area contributed by atoms with Gasteiger partial charge < -0.3 is 24.0 Å². The number of amides is 1. The first-order valence-electron chi connectivity index (χ1n) is 18.0. The van der Waals surface area contributed by atoms with Gasteiger partial charge in [-0.05, 0) is 40.5 Å². The second-order valence-electron chi connectivity index (χ2n) is 14.3. The summed E-state index contributed by atoms with van der Waals surface area (Å²) in [6, 6.07) is 24.3. The number of aryl methyl sites for hydroxylation is 1. The first-order valence-corrected chi connectivity index (χ1v) is 20.8. The van der Waals surface area contributed by atoms with E-state index in [4.69, 9.17) is 23.6 Å². The molecular formula is C40H43FN6O6SSi. The summed E-state index contributed by atoms with van der Waals surface area (Å²) in [6.45, 7) is 8.85. The van der Waals surface area contributed by atoms with Crippen LogP contribution in [0.5, 0.6) is 11.8 Å². The Kier molecular flexibility index (Phi) is 11.0. The molecule has 1 aliphatic rings. The number of benzene rings is 3. The summed E-state index contributed by atoms with van der Waals surface area (Å²) in [6.07, 6.45) is 2.32. The van der Waals surface area contributed by atoms with Crippen molar-refractivity contribution in [1.29, 1.82) is 0 Å². The molecule has 15 heteroatoms. The molecule has 55 heavy (non-hydrogen) atoms. The molecule has 0 radical (unpaired) electrons. The molecule has 0 aliphatic carbocycles. The topological polar surface area (TPSA) is 132 Å². The van der Waals surface area contributed by atoms with E-state index in [9.17, 15) is 14.0 Å². The van der Waals surface area contributed by atoms with Gasteiger partial charge in [0.1, 0.15) is 34.1 Å². The highest BCUT2D eigenvalue weighted by Crippen LogP contribution is 2.37. The van der Waals surface area contributed by atoms with Crippen molar-refractivity contribution in [3.05, 3.63) is 119 Å². The van der Waals surface area contributed by atoms with Crippen LogP contribution in [-0.2, 0) is 14.0 Å². The number of hydrogen-bond acceptors (Lipinski definition) is 10. The molecule has 1 fully saturated rings. The van der Waals surface area contributed by atoms with Gasteiger partial charge >= 0.3 is 6.01 Å². The van der Waals surface area contributed by atoms with Gasteiger partial charge in [-0.25, -0.2) is 4.39 Å². The summed E-state index contributed by atoms with van der Waals surface area (Å²) in [5.74, 6) is -0.258. The number of hydrogen-bond donors (Lipinski definition) is 1. The fourth-order valence-corrected chi connectivity index (χ4v) is 13.0. The Bertz CT molecular complexity index is 2290. The zero-order valence-corrected chi connectivity index (χ0v) is 33.1. The van der Waals surface area contributed by atoms with E-state index in [0.29, 0.717) is 32.1 Å². The molecule has 0 bridgehead atoms. The molecule has 1 aliphatic heterocycles. The van der Waals surface area contributed by atoms with Crippen molar-refractivity contribution in [3.63, 3.8) is 0 Å². The number of carbonyl (C=O) groups excluding carboxylic acids is 1. The zero-order valence-electron chi connectivity index (χ0n) is 31.3. The van der Waals surface area contributed by atoms with Crippen LogP contribution in [0.1, 0.15) is 50.5 Å². The Balaban J connectivity index is 1.22. The molecule has 1 N–H and O–H groups in total. The van der Waals surface area contributed by atoms with Crippen LogP contribution < -0.4 is 30.7 Å². The van der Waals surface area contributed by atoms with E-state index in [2.05, 4.69) is 60.6 Å². The quantitative estimate of drug-likeness (QED) is 0.116. The highest BCUT2D eigenvalue weighted by atomic mass is 32.1. The molecule has 7 rings (SSSR count). The predicted molar refractivity (Wildman–Crippen MR) is 211 cm³/mol. The minimum Gasteiger partial charge on any atom is -0.496 e. The zero-order chi connectivity index (χ0) is 38.7. The first kappa shape index (κ1) is 38.1. The van der Waals surface area contributed by atoms with Gasteiger partial charge in [0, 0.05) is 24.1 Å². The maximum absolute atomic E-state index is 14.9. The van der Waals surface area contributed by atoms with Gasteiger partial charge in [0.15, 0.2) is 0 Å². The third-order valence-electron chi connectivity index (χ3n) is 9.90. The highest BCUT2D eigenvalue weighted by molar-refractivity contribution is 7.21. The number of rotatable bonds is 14. The average Bonchev–Trinajstić information content (AvgIpc) is 3.94. The average molecular weight is 783 g/mol. The number of carbonyl (C=O) groups is 1. The normalized spacial score (nSPS) is 15.3. The summed E-state index contributed by atoms with van der Waals surface area (Å²) < 4.78 is 41.9. The number of nitrogens with one attached hydrogen (secondary N) is 1. The maximum Gasteiger partial charge on any atom is 0.301 e. The van der Waals surface area contributed by atoms with Gasteiger partial charge in [-0.1, -0.05) is 92.8 Å². The Morgan fingerprint density at radius 2 is 1.65 bits per heavy atom. The number of halogens is 1. The predicted octanol–water partition coefficient (Wildman–Crippen LogP) is 5.27. The number of thiophene rings is 1. The van der Waals surface area contributed by atoms with Crippen LogP contribution in [0.2, 0.25) is 5.04 Å². The number of nitrogens with zero attached hydrogens (tertiary/aromatic N) is 5. The molecule has 0 saturated carbocycles. The highest BCUT2D eigenvalue weighted by Gasteiger charge is 2.50. The lowest BCUT2D eigenvalue weighted by Crippen LogP contribution is -2.66. The number of aromatic nitrogens is 5. The molecule has 1 amide bonds. The van der Waals surface area contributed by atoms with Gasteiger partial charge in [0.25, 0.3) is 13.9 Å². The summed E-state index contributed by atoms with van der Waals surface area (Å²) >= 11 is 1.26. The van der Waals surface area contributed by atoms with Crippen molar-refractivity contribution in [2.75, 3.05) is 33.5 Å². The second-order valence-corrected chi connectivity index (χ2v) is 19.6. The Hall–Kier alpha value is -5.22. The third kappa shape index (κ3) is 7.44. The van der Waals surface area contributed by atoms with Crippen LogP contribution in [0.4, 0.5) is 4.39 Å². The number of ether oxygens (including phenoxy) is 3. The van der Waals surface area contributed by atoms with E-state index in [0.717, 1.165) is 10.4 Å². The molecule has 12 nitrogen and oxygen atoms in total. The molecule has 1 saturated heterocycles. The smallest absolute Gasteiger partial charge is 0.301 e. The van der Waals surface area contributed by atoms with E-state index >= 15 is 0 Å². The third-order valence-corrected chi connectivity index (χ3v) is 16.1. The molecule has 1 unspecified atom stereocenters. The standard InChI is InChI=1S/C40H43FN6O6SSi/c1-26-35-36(54-38(26)47-43-18-19-44-47)45-39(46(37(35)49)28-23-34(48)42-24-28)52-25-33(31-22-27(41)16-17-32(31)50-5)51-20-21-53-55(40(2,3)4,29-12-8-6-9-13-29)30-14-10-7-11-15-30/h6-19,22,28,33H,20-21,23-25H2,1-5H3,(H,42,48)/t28?,33-/m0/s1. The van der Waals surface area contributed by atoms with E-state index in [1.54, 1.807) is 12.4 Å². The van der Waals surface area contributed by atoms with E-state index in [1.807, 2.05) is 43.3 Å². The maximum atomic E-state index is 14.9. The van der Waals surface area contributed by atoms with Crippen molar-refractivity contribution in [2.45, 2.75) is 51.3 Å². The van der Waals surface area contributed by atoms with Gasteiger partial charge in [-0.3, -0.25) is 14.2 Å². The van der Waals surface area contributed by atoms with Crippen molar-refractivity contribution in [1.82, 2.24) is 29.9 Å². The van der Waals surface area contributed by atoms with Gasteiger partial charge in [0.2, 0.25) is 5.91 Å². The minimum atomic E-state index is -2.87. The molecule has 3 aromatic carbocycles. The van der Waals surface area contributed by atoms with E-state index in [-0.39, 0.29) is 55.3 Å². The Labute approximate surface area is 323 Å². The summed E-state index contributed by atoms with van der Waals surface area (Å²) in [5.41, 5.74) is 0.727. The molecular weight excluding hydrogens is 740 g/mol. The lowest BCUT2D eigenvalue weighted by atomic mass is 10.1. The van der Waals surface area contributed by atoms with Crippen molar-refractivity contribution in [2.24, 2.45) is 0 Å². The van der Waals surface area contributed by atoms with E-state index < -0.39 is 26.3 Å². The summed E-state index contributed by atoms with van der Waals surface area (Å²) in [4.78, 5) is 33.3. The Morgan fingerprint density at radius 1 is 0.982 bits per heavy atom. The fraction of sp³-hybridized carbons (Fsp3) is 0.325. The molecule has 3 aromatic heterocycles. The second kappa shape index (κ2) is 15.9. The number of fused-ring (bicyclic) bond motifs is 1. The first-order chi connectivity index (χ1) is 26.5. The van der Waals surface area contributed by atoms with Crippen molar-refractivity contribution in [3.8, 4) is 16.8 Å². The monoisotopic (exact) mass is 782 g/mol. The van der Waals surface area contributed by atoms with Gasteiger partial charge in [0.05, 0.1) is 44.1 Å².